The molecule has 1 aliphatic carbocycles. The third-order valence-electron chi connectivity index (χ3n) is 3.74. The van der Waals surface area contributed by atoms with E-state index in [0.29, 0.717) is 0 Å². The fraction of sp³-hybridized carbons (Fsp3) is 0.250. The standard InChI is InChI=1S/C20H21N3/c1-2-3-6-15-18-21-19(16-11-7-4-8-12-16)23-20(22-18)17-13-9-5-10-14-17/h4-13,15,17H,2-3,14H2,1H3/b15-6+. The van der Waals surface area contributed by atoms with Crippen LogP contribution in [0.15, 0.2) is 60.7 Å². The predicted octanol–water partition coefficient (Wildman–Crippen LogP) is 4.95. The van der Waals surface area contributed by atoms with E-state index in [-0.39, 0.29) is 5.92 Å². The first-order valence-electron chi connectivity index (χ1n) is 8.18. The molecule has 3 heteroatoms. The van der Waals surface area contributed by atoms with E-state index in [0.717, 1.165) is 42.3 Å². The number of nitrogens with zero attached hydrogens (tertiary/aromatic N) is 3. The number of unbranched alkanes of at least 4 members (excludes halogenated alkanes) is 1. The molecule has 0 amide bonds. The first-order chi connectivity index (χ1) is 11.4. The van der Waals surface area contributed by atoms with Crippen molar-refractivity contribution in [1.29, 1.82) is 0 Å². The second-order valence-electron chi connectivity index (χ2n) is 5.59. The lowest BCUT2D eigenvalue weighted by Gasteiger charge is -2.13. The summed E-state index contributed by atoms with van der Waals surface area (Å²) in [4.78, 5) is 14.0. The minimum Gasteiger partial charge on any atom is -0.213 e. The molecule has 0 fully saturated rings. The first-order valence-corrected chi connectivity index (χ1v) is 8.18. The summed E-state index contributed by atoms with van der Waals surface area (Å²) in [5.74, 6) is 2.55. The fourth-order valence-corrected chi connectivity index (χ4v) is 2.49. The van der Waals surface area contributed by atoms with Gasteiger partial charge >= 0.3 is 0 Å². The summed E-state index contributed by atoms with van der Waals surface area (Å²) in [6.07, 6.45) is 15.7. The maximum absolute atomic E-state index is 4.71. The molecule has 1 aliphatic rings. The Morgan fingerprint density at radius 3 is 2.70 bits per heavy atom. The van der Waals surface area contributed by atoms with Crippen LogP contribution in [0.5, 0.6) is 0 Å². The van der Waals surface area contributed by atoms with Gasteiger partial charge in [-0.1, -0.05) is 74.1 Å². The molecule has 0 saturated heterocycles. The zero-order valence-corrected chi connectivity index (χ0v) is 13.4. The molecule has 2 aromatic rings. The van der Waals surface area contributed by atoms with E-state index in [1.165, 1.54) is 0 Å². The van der Waals surface area contributed by atoms with Gasteiger partial charge in [0.05, 0.1) is 0 Å². The van der Waals surface area contributed by atoms with Crippen molar-refractivity contribution < 1.29 is 0 Å². The zero-order chi connectivity index (χ0) is 15.9. The number of aromatic nitrogens is 3. The summed E-state index contributed by atoms with van der Waals surface area (Å²) in [6.45, 7) is 2.16. The molecule has 1 aromatic carbocycles. The molecular weight excluding hydrogens is 282 g/mol. The SMILES string of the molecule is CCC/C=C/c1nc(-c2ccccc2)nc(C2C=CC=CC2)n1. The second kappa shape index (κ2) is 7.63. The highest BCUT2D eigenvalue weighted by Gasteiger charge is 2.15. The van der Waals surface area contributed by atoms with Gasteiger partial charge in [0.1, 0.15) is 5.82 Å². The topological polar surface area (TPSA) is 38.7 Å². The molecule has 3 nitrogen and oxygen atoms in total. The van der Waals surface area contributed by atoms with Crippen molar-refractivity contribution in [2.24, 2.45) is 0 Å². The molecule has 116 valence electrons. The monoisotopic (exact) mass is 303 g/mol. The van der Waals surface area contributed by atoms with E-state index in [1.807, 2.05) is 36.4 Å². The van der Waals surface area contributed by atoms with Crippen LogP contribution in [0.25, 0.3) is 17.5 Å². The number of hydrogen-bond acceptors (Lipinski definition) is 3. The fourth-order valence-electron chi connectivity index (χ4n) is 2.49. The predicted molar refractivity (Wildman–Crippen MR) is 94.8 cm³/mol. The molecule has 0 aliphatic heterocycles. The van der Waals surface area contributed by atoms with E-state index in [2.05, 4.69) is 47.3 Å². The van der Waals surface area contributed by atoms with Gasteiger partial charge in [-0.25, -0.2) is 15.0 Å². The summed E-state index contributed by atoms with van der Waals surface area (Å²) in [6, 6.07) is 10.1. The molecule has 0 spiro atoms. The van der Waals surface area contributed by atoms with Crippen molar-refractivity contribution in [3.05, 3.63) is 72.4 Å². The van der Waals surface area contributed by atoms with Gasteiger partial charge in [0.2, 0.25) is 0 Å². The van der Waals surface area contributed by atoms with Crippen LogP contribution in [0.2, 0.25) is 0 Å². The maximum Gasteiger partial charge on any atom is 0.163 e. The van der Waals surface area contributed by atoms with Gasteiger partial charge in [-0.3, -0.25) is 0 Å². The van der Waals surface area contributed by atoms with Gasteiger partial charge in [-0.05, 0) is 18.9 Å². The van der Waals surface area contributed by atoms with Gasteiger partial charge in [-0.2, -0.15) is 0 Å². The first kappa shape index (κ1) is 15.3. The molecule has 0 saturated carbocycles. The summed E-state index contributed by atoms with van der Waals surface area (Å²) >= 11 is 0. The average Bonchev–Trinajstić information content (AvgIpc) is 2.63. The largest absolute Gasteiger partial charge is 0.213 e. The Morgan fingerprint density at radius 2 is 1.96 bits per heavy atom. The lowest BCUT2D eigenvalue weighted by Crippen LogP contribution is -2.07. The number of rotatable bonds is 5. The molecule has 1 heterocycles. The zero-order valence-electron chi connectivity index (χ0n) is 13.4. The van der Waals surface area contributed by atoms with Crippen LogP contribution >= 0.6 is 0 Å². The molecular formula is C20H21N3. The summed E-state index contributed by atoms with van der Waals surface area (Å²) < 4.78 is 0. The third-order valence-corrected chi connectivity index (χ3v) is 3.74. The molecule has 0 radical (unpaired) electrons. The van der Waals surface area contributed by atoms with Gasteiger partial charge in [0.15, 0.2) is 11.6 Å². The van der Waals surface area contributed by atoms with Gasteiger partial charge in [0, 0.05) is 11.5 Å². The molecule has 3 rings (SSSR count). The Balaban J connectivity index is 1.99. The Morgan fingerprint density at radius 1 is 1.09 bits per heavy atom. The van der Waals surface area contributed by atoms with Crippen LogP contribution in [0.1, 0.15) is 43.8 Å². The van der Waals surface area contributed by atoms with Crippen molar-refractivity contribution >= 4 is 6.08 Å². The number of benzene rings is 1. The van der Waals surface area contributed by atoms with Gasteiger partial charge in [-0.15, -0.1) is 0 Å². The van der Waals surface area contributed by atoms with Crippen LogP contribution in [0.3, 0.4) is 0 Å². The van der Waals surface area contributed by atoms with Crippen LogP contribution < -0.4 is 0 Å². The van der Waals surface area contributed by atoms with E-state index < -0.39 is 0 Å². The van der Waals surface area contributed by atoms with E-state index >= 15 is 0 Å². The Bertz CT molecular complexity index is 730. The molecule has 1 atom stereocenters. The Hall–Kier alpha value is -2.55. The number of hydrogen-bond donors (Lipinski definition) is 0. The molecule has 1 unspecified atom stereocenters. The molecule has 0 N–H and O–H groups in total. The lowest BCUT2D eigenvalue weighted by atomic mass is 10.00. The van der Waals surface area contributed by atoms with Crippen molar-refractivity contribution in [1.82, 2.24) is 15.0 Å². The van der Waals surface area contributed by atoms with Crippen LogP contribution in [-0.4, -0.2) is 15.0 Å². The van der Waals surface area contributed by atoms with Gasteiger partial charge in [0.25, 0.3) is 0 Å². The van der Waals surface area contributed by atoms with Crippen LogP contribution in [-0.2, 0) is 0 Å². The van der Waals surface area contributed by atoms with E-state index in [1.54, 1.807) is 0 Å². The Kier molecular flexibility index (Phi) is 5.09. The molecule has 0 bridgehead atoms. The van der Waals surface area contributed by atoms with Crippen LogP contribution in [0, 0.1) is 0 Å². The normalized spacial score (nSPS) is 17.0. The quantitative estimate of drug-likeness (QED) is 0.784. The summed E-state index contributed by atoms with van der Waals surface area (Å²) in [5.41, 5.74) is 1.02. The van der Waals surface area contributed by atoms with Crippen LogP contribution in [0.4, 0.5) is 0 Å². The summed E-state index contributed by atoms with van der Waals surface area (Å²) in [7, 11) is 0. The third kappa shape index (κ3) is 4.01. The highest BCUT2D eigenvalue weighted by Crippen LogP contribution is 2.24. The maximum atomic E-state index is 4.71. The van der Waals surface area contributed by atoms with Gasteiger partial charge < -0.3 is 0 Å². The smallest absolute Gasteiger partial charge is 0.163 e. The lowest BCUT2D eigenvalue weighted by molar-refractivity contribution is 0.758. The van der Waals surface area contributed by atoms with Crippen molar-refractivity contribution in [3.8, 4) is 11.4 Å². The summed E-state index contributed by atoms with van der Waals surface area (Å²) in [5, 5.41) is 0. The van der Waals surface area contributed by atoms with Crippen molar-refractivity contribution in [2.45, 2.75) is 32.1 Å². The number of allylic oxidation sites excluding steroid dienone is 5. The molecule has 23 heavy (non-hydrogen) atoms. The minimum absolute atomic E-state index is 0.226. The molecule has 1 aromatic heterocycles. The highest BCUT2D eigenvalue weighted by molar-refractivity contribution is 5.56. The Labute approximate surface area is 137 Å². The average molecular weight is 303 g/mol. The van der Waals surface area contributed by atoms with Crippen molar-refractivity contribution in [3.63, 3.8) is 0 Å². The highest BCUT2D eigenvalue weighted by atomic mass is 15.0. The minimum atomic E-state index is 0.226. The van der Waals surface area contributed by atoms with Crippen molar-refractivity contribution in [2.75, 3.05) is 0 Å². The second-order valence-corrected chi connectivity index (χ2v) is 5.59. The van der Waals surface area contributed by atoms with E-state index in [4.69, 9.17) is 4.98 Å². The van der Waals surface area contributed by atoms with E-state index in [9.17, 15) is 0 Å².